The molecule has 0 spiro atoms. The molecule has 0 aliphatic heterocycles. The molecule has 0 atom stereocenters. The largest absolute Gasteiger partial charge is 0.339 e. The Bertz CT molecular complexity index is 475. The van der Waals surface area contributed by atoms with Crippen LogP contribution < -0.4 is 5.32 Å². The van der Waals surface area contributed by atoms with Gasteiger partial charge in [0.05, 0.1) is 0 Å². The third-order valence-electron chi connectivity index (χ3n) is 2.29. The van der Waals surface area contributed by atoms with Crippen LogP contribution in [0.2, 0.25) is 0 Å². The SMILES string of the molecule is Cc1noc(CCNCc2cc(Br)c(C)s2)n1. The van der Waals surface area contributed by atoms with Gasteiger partial charge in [-0.1, -0.05) is 5.16 Å². The van der Waals surface area contributed by atoms with E-state index in [1.807, 2.05) is 6.92 Å². The molecule has 0 saturated carbocycles. The summed E-state index contributed by atoms with van der Waals surface area (Å²) in [6.07, 6.45) is 0.770. The second-order valence-corrected chi connectivity index (χ2v) is 5.97. The van der Waals surface area contributed by atoms with Crippen molar-refractivity contribution in [1.82, 2.24) is 15.5 Å². The fourth-order valence-electron chi connectivity index (χ4n) is 1.45. The van der Waals surface area contributed by atoms with Crippen LogP contribution in [0.3, 0.4) is 0 Å². The molecular weight excluding hydrogens is 302 g/mol. The molecule has 92 valence electrons. The topological polar surface area (TPSA) is 51.0 Å². The summed E-state index contributed by atoms with van der Waals surface area (Å²) in [5.41, 5.74) is 0. The second kappa shape index (κ2) is 5.75. The zero-order chi connectivity index (χ0) is 12.3. The molecule has 4 nitrogen and oxygen atoms in total. The van der Waals surface area contributed by atoms with Crippen LogP contribution in [0.4, 0.5) is 0 Å². The summed E-state index contributed by atoms with van der Waals surface area (Å²) in [4.78, 5) is 6.79. The van der Waals surface area contributed by atoms with Gasteiger partial charge < -0.3 is 9.84 Å². The molecule has 2 rings (SSSR count). The normalized spacial score (nSPS) is 11.0. The molecule has 2 aromatic rings. The van der Waals surface area contributed by atoms with Crippen LogP contribution in [-0.2, 0) is 13.0 Å². The van der Waals surface area contributed by atoms with Gasteiger partial charge in [-0.15, -0.1) is 11.3 Å². The molecule has 2 aromatic heterocycles. The van der Waals surface area contributed by atoms with Gasteiger partial charge in [0.2, 0.25) is 5.89 Å². The van der Waals surface area contributed by atoms with Crippen molar-refractivity contribution in [2.24, 2.45) is 0 Å². The van der Waals surface area contributed by atoms with Gasteiger partial charge in [0.1, 0.15) is 0 Å². The molecule has 0 aliphatic carbocycles. The fraction of sp³-hybridized carbons (Fsp3) is 0.455. The van der Waals surface area contributed by atoms with Gasteiger partial charge in [0.25, 0.3) is 0 Å². The maximum atomic E-state index is 5.03. The van der Waals surface area contributed by atoms with E-state index in [2.05, 4.69) is 44.4 Å². The van der Waals surface area contributed by atoms with Crippen LogP contribution in [0.25, 0.3) is 0 Å². The number of hydrogen-bond donors (Lipinski definition) is 1. The lowest BCUT2D eigenvalue weighted by Gasteiger charge is -1.99. The van der Waals surface area contributed by atoms with E-state index in [0.29, 0.717) is 11.7 Å². The molecule has 0 aliphatic rings. The van der Waals surface area contributed by atoms with Crippen molar-refractivity contribution >= 4 is 27.3 Å². The Morgan fingerprint density at radius 1 is 1.47 bits per heavy atom. The number of hydrogen-bond acceptors (Lipinski definition) is 5. The first-order chi connectivity index (χ1) is 8.15. The number of aryl methyl sites for hydroxylation is 2. The minimum atomic E-state index is 0.692. The van der Waals surface area contributed by atoms with Gasteiger partial charge in [0, 0.05) is 33.7 Å². The Balaban J connectivity index is 1.73. The number of nitrogens with zero attached hydrogens (tertiary/aromatic N) is 2. The molecule has 6 heteroatoms. The first-order valence-corrected chi connectivity index (χ1v) is 7.01. The van der Waals surface area contributed by atoms with Gasteiger partial charge in [0.15, 0.2) is 5.82 Å². The van der Waals surface area contributed by atoms with Crippen LogP contribution in [0.5, 0.6) is 0 Å². The van der Waals surface area contributed by atoms with E-state index in [0.717, 1.165) is 19.5 Å². The summed E-state index contributed by atoms with van der Waals surface area (Å²) >= 11 is 5.32. The lowest BCUT2D eigenvalue weighted by molar-refractivity contribution is 0.372. The van der Waals surface area contributed by atoms with Gasteiger partial charge in [-0.05, 0) is 35.8 Å². The molecule has 0 unspecified atom stereocenters. The Morgan fingerprint density at radius 2 is 2.29 bits per heavy atom. The van der Waals surface area contributed by atoms with Crippen LogP contribution >= 0.6 is 27.3 Å². The second-order valence-electron chi connectivity index (χ2n) is 3.78. The van der Waals surface area contributed by atoms with E-state index < -0.39 is 0 Å². The van der Waals surface area contributed by atoms with Crippen LogP contribution in [0, 0.1) is 13.8 Å². The highest BCUT2D eigenvalue weighted by Crippen LogP contribution is 2.25. The molecule has 0 aromatic carbocycles. The predicted molar refractivity (Wildman–Crippen MR) is 71.2 cm³/mol. The predicted octanol–water partition coefficient (Wildman–Crippen LogP) is 2.84. The maximum absolute atomic E-state index is 5.03. The smallest absolute Gasteiger partial charge is 0.227 e. The highest BCUT2D eigenvalue weighted by Gasteiger charge is 2.04. The molecule has 1 N–H and O–H groups in total. The van der Waals surface area contributed by atoms with E-state index in [9.17, 15) is 0 Å². The fourth-order valence-corrected chi connectivity index (χ4v) is 3.02. The zero-order valence-electron chi connectivity index (χ0n) is 9.79. The molecular formula is C11H14BrN3OS. The van der Waals surface area contributed by atoms with Gasteiger partial charge in [-0.2, -0.15) is 4.98 Å². The summed E-state index contributed by atoms with van der Waals surface area (Å²) in [7, 11) is 0. The van der Waals surface area contributed by atoms with Gasteiger partial charge in [-0.3, -0.25) is 0 Å². The Hall–Kier alpha value is -0.720. The lowest BCUT2D eigenvalue weighted by Crippen LogP contribution is -2.16. The molecule has 0 amide bonds. The molecule has 2 heterocycles. The van der Waals surface area contributed by atoms with E-state index in [-0.39, 0.29) is 0 Å². The first kappa shape index (κ1) is 12.7. The molecule has 17 heavy (non-hydrogen) atoms. The number of halogens is 1. The first-order valence-electron chi connectivity index (χ1n) is 5.40. The number of nitrogens with one attached hydrogen (secondary N) is 1. The number of thiophene rings is 1. The Morgan fingerprint density at radius 3 is 2.88 bits per heavy atom. The summed E-state index contributed by atoms with van der Waals surface area (Å²) in [5, 5.41) is 7.11. The molecule has 0 radical (unpaired) electrons. The van der Waals surface area contributed by atoms with Crippen molar-refractivity contribution in [2.45, 2.75) is 26.8 Å². The van der Waals surface area contributed by atoms with Gasteiger partial charge >= 0.3 is 0 Å². The van der Waals surface area contributed by atoms with Gasteiger partial charge in [-0.25, -0.2) is 0 Å². The molecule has 0 saturated heterocycles. The maximum Gasteiger partial charge on any atom is 0.227 e. The van der Waals surface area contributed by atoms with E-state index >= 15 is 0 Å². The number of rotatable bonds is 5. The quantitative estimate of drug-likeness (QED) is 0.862. The molecule has 0 fully saturated rings. The minimum Gasteiger partial charge on any atom is -0.339 e. The zero-order valence-corrected chi connectivity index (χ0v) is 12.2. The lowest BCUT2D eigenvalue weighted by atomic mass is 10.4. The van der Waals surface area contributed by atoms with E-state index in [4.69, 9.17) is 4.52 Å². The average Bonchev–Trinajstić information content (AvgIpc) is 2.82. The van der Waals surface area contributed by atoms with Crippen molar-refractivity contribution in [2.75, 3.05) is 6.54 Å². The standard InChI is InChI=1S/C11H14BrN3OS/c1-7-10(12)5-9(17-7)6-13-4-3-11-14-8(2)15-16-11/h5,13H,3-4,6H2,1-2H3. The van der Waals surface area contributed by atoms with Crippen molar-refractivity contribution in [3.05, 3.63) is 32.0 Å². The summed E-state index contributed by atoms with van der Waals surface area (Å²) < 4.78 is 6.22. The molecule has 0 bridgehead atoms. The van der Waals surface area contributed by atoms with E-state index in [1.54, 1.807) is 11.3 Å². The Kier molecular flexibility index (Phi) is 4.31. The summed E-state index contributed by atoms with van der Waals surface area (Å²) in [6, 6.07) is 2.16. The number of aromatic nitrogens is 2. The van der Waals surface area contributed by atoms with Crippen LogP contribution in [0.15, 0.2) is 15.1 Å². The van der Waals surface area contributed by atoms with Crippen molar-refractivity contribution in [3.8, 4) is 0 Å². The van der Waals surface area contributed by atoms with E-state index in [1.165, 1.54) is 14.2 Å². The summed E-state index contributed by atoms with van der Waals surface area (Å²) in [6.45, 7) is 5.66. The van der Waals surface area contributed by atoms with Crippen molar-refractivity contribution in [3.63, 3.8) is 0 Å². The monoisotopic (exact) mass is 315 g/mol. The highest BCUT2D eigenvalue weighted by molar-refractivity contribution is 9.10. The average molecular weight is 316 g/mol. The van der Waals surface area contributed by atoms with Crippen molar-refractivity contribution in [1.29, 1.82) is 0 Å². The summed E-state index contributed by atoms with van der Waals surface area (Å²) in [5.74, 6) is 1.39. The van der Waals surface area contributed by atoms with Crippen LogP contribution in [0.1, 0.15) is 21.5 Å². The Labute approximate surface area is 113 Å². The highest BCUT2D eigenvalue weighted by atomic mass is 79.9. The third kappa shape index (κ3) is 3.62. The third-order valence-corrected chi connectivity index (χ3v) is 4.43. The minimum absolute atomic E-state index is 0.692. The van der Waals surface area contributed by atoms with Crippen LogP contribution in [-0.4, -0.2) is 16.7 Å². The van der Waals surface area contributed by atoms with Crippen molar-refractivity contribution < 1.29 is 4.52 Å².